The molecule has 1 aliphatic carbocycles. The van der Waals surface area contributed by atoms with Crippen molar-refractivity contribution in [3.05, 3.63) is 241 Å². The van der Waals surface area contributed by atoms with E-state index in [2.05, 4.69) is 254 Å². The zero-order valence-corrected chi connectivity index (χ0v) is 34.3. The molecule has 2 nitrogen and oxygen atoms in total. The van der Waals surface area contributed by atoms with Crippen molar-refractivity contribution in [3.8, 4) is 39.2 Å². The van der Waals surface area contributed by atoms with Gasteiger partial charge >= 0.3 is 0 Å². The smallest absolute Gasteiger partial charge is 0.0619 e. The van der Waals surface area contributed by atoms with Gasteiger partial charge in [0.25, 0.3) is 0 Å². The van der Waals surface area contributed by atoms with Crippen LogP contribution in [0.2, 0.25) is 0 Å². The summed E-state index contributed by atoms with van der Waals surface area (Å²) in [5.74, 6) is 0. The Balaban J connectivity index is 0.979. The molecule has 0 aliphatic heterocycles. The second-order valence-corrected chi connectivity index (χ2v) is 16.6. The molecule has 0 atom stereocenters. The van der Waals surface area contributed by atoms with Gasteiger partial charge in [0.15, 0.2) is 0 Å². The molecule has 1 aliphatic rings. The van der Waals surface area contributed by atoms with Crippen molar-refractivity contribution < 1.29 is 0 Å². The Hall–Kier alpha value is -7.68. The number of benzene rings is 9. The Labute approximate surface area is 358 Å². The topological polar surface area (TPSA) is 8.17 Å². The van der Waals surface area contributed by atoms with E-state index in [4.69, 9.17) is 0 Å². The Kier molecular flexibility index (Phi) is 8.86. The molecule has 0 radical (unpaired) electrons. The van der Waals surface area contributed by atoms with Crippen molar-refractivity contribution in [2.24, 2.45) is 0 Å². The summed E-state index contributed by atoms with van der Waals surface area (Å²) in [4.78, 5) is 2.35. The van der Waals surface area contributed by atoms with Gasteiger partial charge < -0.3 is 9.47 Å². The first-order valence-corrected chi connectivity index (χ1v) is 21.2. The van der Waals surface area contributed by atoms with E-state index in [1.165, 1.54) is 71.9 Å². The van der Waals surface area contributed by atoms with E-state index in [1.807, 2.05) is 0 Å². The van der Waals surface area contributed by atoms with Crippen LogP contribution in [0, 0.1) is 0 Å². The van der Waals surface area contributed by atoms with Crippen LogP contribution in [-0.4, -0.2) is 4.57 Å². The molecule has 0 saturated carbocycles. The minimum absolute atomic E-state index is 0.196. The van der Waals surface area contributed by atoms with Gasteiger partial charge in [-0.3, -0.25) is 0 Å². The van der Waals surface area contributed by atoms with Crippen LogP contribution in [0.1, 0.15) is 36.1 Å². The van der Waals surface area contributed by atoms with Crippen molar-refractivity contribution in [1.82, 2.24) is 4.57 Å². The third-order valence-electron chi connectivity index (χ3n) is 12.6. The Morgan fingerprint density at radius 1 is 0.443 bits per heavy atom. The Bertz CT molecular complexity index is 3230. The van der Waals surface area contributed by atoms with Crippen molar-refractivity contribution in [1.29, 1.82) is 0 Å². The highest BCUT2D eigenvalue weighted by atomic mass is 15.1. The van der Waals surface area contributed by atoms with Gasteiger partial charge in [0, 0.05) is 38.8 Å². The number of fused-ring (bicyclic) bond motifs is 5. The first-order chi connectivity index (χ1) is 30.0. The zero-order chi connectivity index (χ0) is 40.9. The maximum absolute atomic E-state index is 2.48. The molecule has 0 unspecified atom stereocenters. The maximum atomic E-state index is 2.48. The molecule has 0 amide bonds. The maximum Gasteiger partial charge on any atom is 0.0619 e. The standard InChI is InChI=1S/C59H44N2/c1-59(2)53-38-42(31-30-41-32-35-48(36-33-41)60(46-24-11-5-12-25-46)55-29-17-23-43-18-15-16-28-49(43)55)34-37-50(53)51-39-52-56(40-54(51)59)61(47-26-13-6-14-27-47)58(45-21-9-4-10-22-45)57(52)44-19-7-3-8-20-44/h3-40H,1-2H3. The van der Waals surface area contributed by atoms with Crippen LogP contribution in [0.3, 0.4) is 0 Å². The summed E-state index contributed by atoms with van der Waals surface area (Å²) < 4.78 is 2.48. The van der Waals surface area contributed by atoms with E-state index >= 15 is 0 Å². The third-order valence-corrected chi connectivity index (χ3v) is 12.6. The van der Waals surface area contributed by atoms with Crippen LogP contribution >= 0.6 is 0 Å². The highest BCUT2D eigenvalue weighted by Gasteiger charge is 2.37. The van der Waals surface area contributed by atoms with Gasteiger partial charge in [0.1, 0.15) is 0 Å². The molecule has 9 aromatic carbocycles. The number of para-hydroxylation sites is 2. The van der Waals surface area contributed by atoms with Crippen LogP contribution in [0.25, 0.3) is 73.0 Å². The molecule has 0 spiro atoms. The van der Waals surface area contributed by atoms with Crippen molar-refractivity contribution in [2.45, 2.75) is 19.3 Å². The number of nitrogens with zero attached hydrogens (tertiary/aromatic N) is 2. The predicted octanol–water partition coefficient (Wildman–Crippen LogP) is 16.1. The minimum Gasteiger partial charge on any atom is -0.310 e. The lowest BCUT2D eigenvalue weighted by atomic mass is 9.81. The summed E-state index contributed by atoms with van der Waals surface area (Å²) in [6.45, 7) is 4.77. The summed E-state index contributed by atoms with van der Waals surface area (Å²) in [7, 11) is 0. The zero-order valence-electron chi connectivity index (χ0n) is 34.3. The number of hydrogen-bond donors (Lipinski definition) is 0. The van der Waals surface area contributed by atoms with E-state index in [9.17, 15) is 0 Å². The van der Waals surface area contributed by atoms with Crippen LogP contribution in [0.5, 0.6) is 0 Å². The van der Waals surface area contributed by atoms with E-state index in [-0.39, 0.29) is 5.41 Å². The normalized spacial score (nSPS) is 12.8. The van der Waals surface area contributed by atoms with Crippen LogP contribution in [0.4, 0.5) is 17.1 Å². The van der Waals surface area contributed by atoms with Crippen molar-refractivity contribution in [3.63, 3.8) is 0 Å². The lowest BCUT2D eigenvalue weighted by Gasteiger charge is -2.27. The summed E-state index contributed by atoms with van der Waals surface area (Å²) in [6, 6.07) is 79.3. The van der Waals surface area contributed by atoms with Crippen LogP contribution in [0.15, 0.2) is 218 Å². The number of aromatic nitrogens is 1. The van der Waals surface area contributed by atoms with Gasteiger partial charge in [-0.2, -0.15) is 0 Å². The second kappa shape index (κ2) is 14.9. The fraction of sp³-hybridized carbons (Fsp3) is 0.0508. The van der Waals surface area contributed by atoms with Gasteiger partial charge in [0.05, 0.1) is 16.9 Å². The highest BCUT2D eigenvalue weighted by molar-refractivity contribution is 6.08. The minimum atomic E-state index is -0.196. The summed E-state index contributed by atoms with van der Waals surface area (Å²) in [6.07, 6.45) is 4.49. The number of hydrogen-bond acceptors (Lipinski definition) is 1. The van der Waals surface area contributed by atoms with E-state index in [1.54, 1.807) is 0 Å². The fourth-order valence-electron chi connectivity index (χ4n) is 9.58. The summed E-state index contributed by atoms with van der Waals surface area (Å²) >= 11 is 0. The largest absolute Gasteiger partial charge is 0.310 e. The average molecular weight is 781 g/mol. The molecule has 0 N–H and O–H groups in total. The third kappa shape index (κ3) is 6.27. The monoisotopic (exact) mass is 780 g/mol. The van der Waals surface area contributed by atoms with Gasteiger partial charge in [-0.1, -0.05) is 190 Å². The molecule has 290 valence electrons. The first kappa shape index (κ1) is 36.4. The number of anilines is 3. The van der Waals surface area contributed by atoms with Gasteiger partial charge in [-0.15, -0.1) is 0 Å². The molecule has 2 heteroatoms. The predicted molar refractivity (Wildman–Crippen MR) is 259 cm³/mol. The van der Waals surface area contributed by atoms with Crippen LogP contribution < -0.4 is 4.90 Å². The molecule has 11 rings (SSSR count). The van der Waals surface area contributed by atoms with E-state index in [0.717, 1.165) is 28.3 Å². The Morgan fingerprint density at radius 2 is 1.02 bits per heavy atom. The average Bonchev–Trinajstić information content (AvgIpc) is 3.77. The van der Waals surface area contributed by atoms with E-state index < -0.39 is 0 Å². The molecule has 61 heavy (non-hydrogen) atoms. The SMILES string of the molecule is CC1(C)c2cc(C=Cc3ccc(N(c4ccccc4)c4cccc5ccccc45)cc3)ccc2-c2cc3c(-c4ccccc4)c(-c4ccccc4)n(-c4ccccc4)c3cc21. The van der Waals surface area contributed by atoms with Gasteiger partial charge in [-0.25, -0.2) is 0 Å². The van der Waals surface area contributed by atoms with Crippen molar-refractivity contribution in [2.75, 3.05) is 4.90 Å². The first-order valence-electron chi connectivity index (χ1n) is 21.2. The van der Waals surface area contributed by atoms with Gasteiger partial charge in [0.2, 0.25) is 0 Å². The molecule has 1 aromatic heterocycles. The molecule has 10 aromatic rings. The van der Waals surface area contributed by atoms with Crippen molar-refractivity contribution >= 4 is 50.9 Å². The quantitative estimate of drug-likeness (QED) is 0.139. The van der Waals surface area contributed by atoms with Gasteiger partial charge in [-0.05, 0) is 104 Å². The van der Waals surface area contributed by atoms with Crippen LogP contribution in [-0.2, 0) is 5.41 Å². The lowest BCUT2D eigenvalue weighted by molar-refractivity contribution is 0.661. The molecule has 1 heterocycles. The summed E-state index contributed by atoms with van der Waals surface area (Å²) in [5.41, 5.74) is 18.2. The van der Waals surface area contributed by atoms with E-state index in [0.29, 0.717) is 0 Å². The lowest BCUT2D eigenvalue weighted by Crippen LogP contribution is -2.15. The Morgan fingerprint density at radius 3 is 1.75 bits per heavy atom. The molecular formula is C59H44N2. The number of rotatable bonds is 8. The molecule has 0 bridgehead atoms. The molecular weight excluding hydrogens is 737 g/mol. The molecule has 0 fully saturated rings. The highest BCUT2D eigenvalue weighted by Crippen LogP contribution is 2.53. The second-order valence-electron chi connectivity index (χ2n) is 16.6. The molecule has 0 saturated heterocycles. The fourth-order valence-corrected chi connectivity index (χ4v) is 9.58. The summed E-state index contributed by atoms with van der Waals surface area (Å²) in [5, 5.41) is 3.71.